The highest BCUT2D eigenvalue weighted by Crippen LogP contribution is 2.16. The zero-order chi connectivity index (χ0) is 19.5. The highest BCUT2D eigenvalue weighted by atomic mass is 16.1. The first-order valence-electron chi connectivity index (χ1n) is 10.2. The van der Waals surface area contributed by atoms with Crippen molar-refractivity contribution in [1.82, 2.24) is 20.9 Å². The fourth-order valence-corrected chi connectivity index (χ4v) is 3.45. The molecule has 6 heteroatoms. The Morgan fingerprint density at radius 1 is 1.30 bits per heavy atom. The Morgan fingerprint density at radius 2 is 2.15 bits per heavy atom. The third-order valence-electron chi connectivity index (χ3n) is 5.04. The van der Waals surface area contributed by atoms with Gasteiger partial charge in [0.1, 0.15) is 0 Å². The van der Waals surface area contributed by atoms with Crippen LogP contribution >= 0.6 is 0 Å². The second kappa shape index (κ2) is 11.6. The van der Waals surface area contributed by atoms with E-state index in [1.807, 2.05) is 24.3 Å². The summed E-state index contributed by atoms with van der Waals surface area (Å²) < 4.78 is 0. The van der Waals surface area contributed by atoms with E-state index in [0.29, 0.717) is 18.2 Å². The standard InChI is InChI=1S/C21H35N5O/c1-4-23-21(24-12-8-14-26-13-6-5-9-17(26)2)25-16-18-10-7-11-19(15-18)20(27)22-3/h7,10-11,15,17H,4-6,8-9,12-14,16H2,1-3H3,(H,22,27)(H2,23,24,25). The lowest BCUT2D eigenvalue weighted by Crippen LogP contribution is -2.41. The van der Waals surface area contributed by atoms with Crippen LogP contribution < -0.4 is 16.0 Å². The van der Waals surface area contributed by atoms with Gasteiger partial charge in [0.2, 0.25) is 0 Å². The predicted octanol–water partition coefficient (Wildman–Crippen LogP) is 2.37. The number of piperidine rings is 1. The van der Waals surface area contributed by atoms with Crippen molar-refractivity contribution in [1.29, 1.82) is 0 Å². The van der Waals surface area contributed by atoms with E-state index in [0.717, 1.165) is 37.6 Å². The summed E-state index contributed by atoms with van der Waals surface area (Å²) in [4.78, 5) is 19.0. The van der Waals surface area contributed by atoms with E-state index in [-0.39, 0.29) is 5.91 Å². The van der Waals surface area contributed by atoms with Crippen molar-refractivity contribution < 1.29 is 4.79 Å². The van der Waals surface area contributed by atoms with Crippen molar-refractivity contribution in [3.63, 3.8) is 0 Å². The zero-order valence-corrected chi connectivity index (χ0v) is 17.1. The van der Waals surface area contributed by atoms with E-state index in [9.17, 15) is 4.79 Å². The molecular weight excluding hydrogens is 338 g/mol. The Labute approximate surface area is 163 Å². The summed E-state index contributed by atoms with van der Waals surface area (Å²) in [6.07, 6.45) is 5.14. The lowest BCUT2D eigenvalue weighted by Gasteiger charge is -2.33. The minimum Gasteiger partial charge on any atom is -0.357 e. The van der Waals surface area contributed by atoms with Crippen LogP contribution in [0, 0.1) is 0 Å². The number of hydrogen-bond donors (Lipinski definition) is 3. The van der Waals surface area contributed by atoms with Crippen LogP contribution in [0.2, 0.25) is 0 Å². The molecular formula is C21H35N5O. The number of benzene rings is 1. The molecule has 0 aliphatic carbocycles. The molecule has 2 rings (SSSR count). The van der Waals surface area contributed by atoms with Crippen molar-refractivity contribution in [2.75, 3.05) is 33.2 Å². The Morgan fingerprint density at radius 3 is 2.89 bits per heavy atom. The van der Waals surface area contributed by atoms with E-state index in [4.69, 9.17) is 0 Å². The van der Waals surface area contributed by atoms with Gasteiger partial charge < -0.3 is 20.9 Å². The zero-order valence-electron chi connectivity index (χ0n) is 17.1. The summed E-state index contributed by atoms with van der Waals surface area (Å²) in [6, 6.07) is 8.32. The molecule has 150 valence electrons. The highest BCUT2D eigenvalue weighted by molar-refractivity contribution is 5.94. The van der Waals surface area contributed by atoms with Gasteiger partial charge in [-0.2, -0.15) is 0 Å². The number of likely N-dealkylation sites (tertiary alicyclic amines) is 1. The van der Waals surface area contributed by atoms with Crippen molar-refractivity contribution in [2.24, 2.45) is 4.99 Å². The summed E-state index contributed by atoms with van der Waals surface area (Å²) >= 11 is 0. The van der Waals surface area contributed by atoms with Gasteiger partial charge in [-0.3, -0.25) is 4.79 Å². The summed E-state index contributed by atoms with van der Waals surface area (Å²) in [7, 11) is 1.64. The number of guanidine groups is 1. The van der Waals surface area contributed by atoms with E-state index >= 15 is 0 Å². The number of nitrogens with zero attached hydrogens (tertiary/aromatic N) is 2. The monoisotopic (exact) mass is 373 g/mol. The number of nitrogens with one attached hydrogen (secondary N) is 3. The number of carbonyl (C=O) groups is 1. The number of hydrogen-bond acceptors (Lipinski definition) is 3. The van der Waals surface area contributed by atoms with Gasteiger partial charge in [-0.15, -0.1) is 0 Å². The molecule has 1 fully saturated rings. The van der Waals surface area contributed by atoms with E-state index < -0.39 is 0 Å². The molecule has 1 amide bonds. The smallest absolute Gasteiger partial charge is 0.251 e. The quantitative estimate of drug-likeness (QED) is 0.372. The third-order valence-corrected chi connectivity index (χ3v) is 5.04. The van der Waals surface area contributed by atoms with Crippen LogP contribution in [0.1, 0.15) is 55.5 Å². The summed E-state index contributed by atoms with van der Waals surface area (Å²) in [5.74, 6) is 0.757. The molecule has 1 aliphatic rings. The van der Waals surface area contributed by atoms with Crippen molar-refractivity contribution >= 4 is 11.9 Å². The topological polar surface area (TPSA) is 68.8 Å². The van der Waals surface area contributed by atoms with Crippen LogP contribution in [0.4, 0.5) is 0 Å². The summed E-state index contributed by atoms with van der Waals surface area (Å²) in [6.45, 7) is 9.06. The fourth-order valence-electron chi connectivity index (χ4n) is 3.45. The fraction of sp³-hybridized carbons (Fsp3) is 0.619. The maximum absolute atomic E-state index is 11.8. The third kappa shape index (κ3) is 7.21. The first-order valence-corrected chi connectivity index (χ1v) is 10.2. The first kappa shape index (κ1) is 21.2. The van der Waals surface area contributed by atoms with Crippen LogP contribution in [0.5, 0.6) is 0 Å². The maximum Gasteiger partial charge on any atom is 0.251 e. The average Bonchev–Trinajstić information content (AvgIpc) is 2.70. The molecule has 27 heavy (non-hydrogen) atoms. The van der Waals surface area contributed by atoms with E-state index in [1.165, 1.54) is 25.8 Å². The molecule has 1 aromatic carbocycles. The molecule has 1 aromatic rings. The molecule has 1 saturated heterocycles. The SMILES string of the molecule is CCNC(=NCc1cccc(C(=O)NC)c1)NCCCN1CCCCC1C. The molecule has 0 spiro atoms. The lowest BCUT2D eigenvalue weighted by atomic mass is 10.0. The molecule has 6 nitrogen and oxygen atoms in total. The number of rotatable bonds is 8. The normalized spacial score (nSPS) is 18.2. The molecule has 1 aliphatic heterocycles. The van der Waals surface area contributed by atoms with Gasteiger partial charge in [0.15, 0.2) is 5.96 Å². The van der Waals surface area contributed by atoms with Crippen LogP contribution in [0.25, 0.3) is 0 Å². The molecule has 0 bridgehead atoms. The minimum atomic E-state index is -0.0715. The van der Waals surface area contributed by atoms with E-state index in [1.54, 1.807) is 7.05 Å². The van der Waals surface area contributed by atoms with Gasteiger partial charge in [0.25, 0.3) is 5.91 Å². The molecule has 0 saturated carbocycles. The maximum atomic E-state index is 11.8. The Hall–Kier alpha value is -2.08. The predicted molar refractivity (Wildman–Crippen MR) is 112 cm³/mol. The molecule has 0 radical (unpaired) electrons. The number of amides is 1. The van der Waals surface area contributed by atoms with Gasteiger partial charge in [-0.25, -0.2) is 4.99 Å². The Balaban J connectivity index is 1.82. The Kier molecular flexibility index (Phi) is 9.11. The second-order valence-corrected chi connectivity index (χ2v) is 7.14. The van der Waals surface area contributed by atoms with Crippen molar-refractivity contribution in [2.45, 2.75) is 52.1 Å². The molecule has 0 aromatic heterocycles. The number of carbonyl (C=O) groups excluding carboxylic acids is 1. The van der Waals surface area contributed by atoms with Gasteiger partial charge in [0.05, 0.1) is 6.54 Å². The summed E-state index contributed by atoms with van der Waals surface area (Å²) in [5.41, 5.74) is 1.69. The van der Waals surface area contributed by atoms with Crippen LogP contribution in [-0.2, 0) is 6.54 Å². The molecule has 1 unspecified atom stereocenters. The van der Waals surface area contributed by atoms with Crippen LogP contribution in [0.3, 0.4) is 0 Å². The van der Waals surface area contributed by atoms with Crippen molar-refractivity contribution in [3.05, 3.63) is 35.4 Å². The van der Waals surface area contributed by atoms with Gasteiger partial charge in [-0.05, 0) is 57.4 Å². The molecule has 1 heterocycles. The van der Waals surface area contributed by atoms with Gasteiger partial charge in [0, 0.05) is 38.3 Å². The lowest BCUT2D eigenvalue weighted by molar-refractivity contribution is 0.0963. The summed E-state index contributed by atoms with van der Waals surface area (Å²) in [5, 5.41) is 9.38. The molecule has 1 atom stereocenters. The average molecular weight is 374 g/mol. The largest absolute Gasteiger partial charge is 0.357 e. The van der Waals surface area contributed by atoms with Crippen LogP contribution in [0.15, 0.2) is 29.3 Å². The van der Waals surface area contributed by atoms with Gasteiger partial charge in [-0.1, -0.05) is 18.6 Å². The first-order chi connectivity index (χ1) is 13.1. The minimum absolute atomic E-state index is 0.0715. The van der Waals surface area contributed by atoms with Crippen molar-refractivity contribution in [3.8, 4) is 0 Å². The second-order valence-electron chi connectivity index (χ2n) is 7.14. The Bertz CT molecular complexity index is 616. The van der Waals surface area contributed by atoms with Gasteiger partial charge >= 0.3 is 0 Å². The van der Waals surface area contributed by atoms with E-state index in [2.05, 4.69) is 39.7 Å². The van der Waals surface area contributed by atoms with Crippen LogP contribution in [-0.4, -0.2) is 56.0 Å². The molecule has 3 N–H and O–H groups in total. The number of aliphatic imine (C=N–C) groups is 1. The highest BCUT2D eigenvalue weighted by Gasteiger charge is 2.17.